The predicted molar refractivity (Wildman–Crippen MR) is 90.1 cm³/mol. The Morgan fingerprint density at radius 2 is 1.75 bits per heavy atom. The summed E-state index contributed by atoms with van der Waals surface area (Å²) >= 11 is 1.53. The van der Waals surface area contributed by atoms with Gasteiger partial charge in [-0.25, -0.2) is 0 Å². The van der Waals surface area contributed by atoms with Crippen molar-refractivity contribution in [3.8, 4) is 0 Å². The number of hydrazone groups is 1. The second-order valence-electron chi connectivity index (χ2n) is 5.30. The summed E-state index contributed by atoms with van der Waals surface area (Å²) < 4.78 is 39.3. The Morgan fingerprint density at radius 3 is 2.38 bits per heavy atom. The monoisotopic (exact) mass is 350 g/mol. The quantitative estimate of drug-likeness (QED) is 0.675. The van der Waals surface area contributed by atoms with Crippen molar-refractivity contribution >= 4 is 23.1 Å². The molecule has 2 aromatic rings. The number of halogens is 3. The van der Waals surface area contributed by atoms with Crippen LogP contribution in [0.5, 0.6) is 0 Å². The lowest BCUT2D eigenvalue weighted by atomic mass is 10.1. The molecule has 7 heteroatoms. The van der Waals surface area contributed by atoms with E-state index in [0.29, 0.717) is 17.3 Å². The molecule has 2 aromatic carbocycles. The second-order valence-corrected chi connectivity index (χ2v) is 6.52. The Hall–Kier alpha value is -2.28. The minimum absolute atomic E-state index is 0.191. The van der Waals surface area contributed by atoms with Crippen molar-refractivity contribution in [3.05, 3.63) is 71.3 Å². The van der Waals surface area contributed by atoms with E-state index in [2.05, 4.69) is 5.10 Å². The fraction of sp³-hybridized carbons (Fsp3) is 0.176. The largest absolute Gasteiger partial charge is 0.416 e. The lowest BCUT2D eigenvalue weighted by molar-refractivity contribution is -0.527. The molecule has 0 saturated heterocycles. The molecular weight excluding hydrogens is 335 g/mol. The third kappa shape index (κ3) is 3.79. The Balaban J connectivity index is 1.69. The average Bonchev–Trinajstić information content (AvgIpc) is 2.94. The third-order valence-electron chi connectivity index (χ3n) is 3.61. The van der Waals surface area contributed by atoms with Gasteiger partial charge in [0.25, 0.3) is 0 Å². The minimum atomic E-state index is -4.33. The van der Waals surface area contributed by atoms with Crippen molar-refractivity contribution in [2.75, 3.05) is 6.54 Å². The van der Waals surface area contributed by atoms with E-state index in [9.17, 15) is 13.2 Å². The van der Waals surface area contributed by atoms with Crippen LogP contribution in [0.15, 0.2) is 59.7 Å². The maximum absolute atomic E-state index is 12.5. The summed E-state index contributed by atoms with van der Waals surface area (Å²) in [6.07, 6.45) is -2.82. The normalized spacial score (nSPS) is 18.5. The zero-order valence-corrected chi connectivity index (χ0v) is 13.4. The smallest absolute Gasteiger partial charge is 0.279 e. The van der Waals surface area contributed by atoms with Gasteiger partial charge in [-0.2, -0.15) is 13.2 Å². The molecule has 3 nitrogen and oxygen atoms in total. The zero-order chi connectivity index (χ0) is 17.2. The molecule has 0 radical (unpaired) electrons. The molecule has 0 aliphatic carbocycles. The molecule has 1 aliphatic heterocycles. The van der Waals surface area contributed by atoms with Crippen molar-refractivity contribution in [2.45, 2.75) is 11.4 Å². The summed E-state index contributed by atoms with van der Waals surface area (Å²) in [5, 5.41) is 5.05. The van der Waals surface area contributed by atoms with Gasteiger partial charge in [0.15, 0.2) is 0 Å². The first-order valence-electron chi connectivity index (χ1n) is 7.26. The van der Waals surface area contributed by atoms with Crippen LogP contribution in [0, 0.1) is 0 Å². The third-order valence-corrected chi connectivity index (χ3v) is 4.77. The van der Waals surface area contributed by atoms with Crippen LogP contribution in [0.1, 0.15) is 21.9 Å². The molecule has 0 amide bonds. The van der Waals surface area contributed by atoms with Gasteiger partial charge in [0.1, 0.15) is 6.54 Å². The van der Waals surface area contributed by atoms with Crippen molar-refractivity contribution in [3.63, 3.8) is 0 Å². The number of alkyl halides is 3. The number of nitrogens with zero attached hydrogens (tertiary/aromatic N) is 2. The van der Waals surface area contributed by atoms with E-state index in [-0.39, 0.29) is 5.25 Å². The van der Waals surface area contributed by atoms with Gasteiger partial charge < -0.3 is 0 Å². The van der Waals surface area contributed by atoms with E-state index < -0.39 is 11.7 Å². The number of amidine groups is 1. The first kappa shape index (κ1) is 16.6. The van der Waals surface area contributed by atoms with Gasteiger partial charge >= 0.3 is 11.3 Å². The zero-order valence-electron chi connectivity index (χ0n) is 12.6. The first-order chi connectivity index (χ1) is 11.4. The molecule has 0 spiro atoms. The fourth-order valence-corrected chi connectivity index (χ4v) is 3.37. The van der Waals surface area contributed by atoms with Crippen molar-refractivity contribution in [1.82, 2.24) is 0 Å². The summed E-state index contributed by atoms with van der Waals surface area (Å²) in [5.74, 6) is 0. The van der Waals surface area contributed by atoms with Gasteiger partial charge in [0, 0.05) is 0 Å². The van der Waals surface area contributed by atoms with Crippen molar-refractivity contribution in [1.29, 1.82) is 0 Å². The molecule has 0 aromatic heterocycles. The number of hydrogen-bond donors (Lipinski definition) is 1. The molecule has 24 heavy (non-hydrogen) atoms. The van der Waals surface area contributed by atoms with Gasteiger partial charge in [0.2, 0.25) is 0 Å². The van der Waals surface area contributed by atoms with Crippen LogP contribution in [-0.2, 0) is 6.18 Å². The Kier molecular flexibility index (Phi) is 4.62. The van der Waals surface area contributed by atoms with E-state index >= 15 is 0 Å². The Labute approximate surface area is 141 Å². The number of rotatable bonds is 3. The molecule has 1 unspecified atom stereocenters. The molecule has 2 N–H and O–H groups in total. The Bertz CT molecular complexity index is 768. The molecular formula is C17H15F3N3S+. The maximum atomic E-state index is 12.5. The van der Waals surface area contributed by atoms with E-state index in [4.69, 9.17) is 5.73 Å². The lowest BCUT2D eigenvalue weighted by Gasteiger charge is -2.06. The fourth-order valence-electron chi connectivity index (χ4n) is 2.33. The molecule has 0 saturated carbocycles. The number of nitrogens with two attached hydrogens (primary N) is 1. The van der Waals surface area contributed by atoms with Crippen molar-refractivity contribution < 1.29 is 17.9 Å². The highest BCUT2D eigenvalue weighted by molar-refractivity contribution is 8.13. The molecule has 1 atom stereocenters. The summed E-state index contributed by atoms with van der Waals surface area (Å²) in [6.45, 7) is 0.623. The predicted octanol–water partition coefficient (Wildman–Crippen LogP) is 3.85. The summed E-state index contributed by atoms with van der Waals surface area (Å²) in [4.78, 5) is 0. The van der Waals surface area contributed by atoms with Crippen molar-refractivity contribution in [2.24, 2.45) is 10.8 Å². The summed E-state index contributed by atoms with van der Waals surface area (Å²) in [5.41, 5.74) is 7.07. The number of benzene rings is 2. The molecule has 1 aliphatic rings. The van der Waals surface area contributed by atoms with Gasteiger partial charge in [-0.1, -0.05) is 47.6 Å². The van der Waals surface area contributed by atoms with Crippen LogP contribution in [0.25, 0.3) is 0 Å². The first-order valence-corrected chi connectivity index (χ1v) is 8.14. The van der Waals surface area contributed by atoms with Crippen LogP contribution < -0.4 is 5.73 Å². The van der Waals surface area contributed by atoms with Crippen LogP contribution in [0.4, 0.5) is 13.2 Å². The van der Waals surface area contributed by atoms with Crippen LogP contribution in [-0.4, -0.2) is 22.6 Å². The van der Waals surface area contributed by atoms with Crippen LogP contribution in [0.3, 0.4) is 0 Å². The second kappa shape index (κ2) is 6.68. The summed E-state index contributed by atoms with van der Waals surface area (Å²) in [6, 6.07) is 14.8. The molecule has 0 bridgehead atoms. The Morgan fingerprint density at radius 1 is 1.08 bits per heavy atom. The SMILES string of the molecule is NC1=[N+](N=Cc2ccc(C(F)(F)F)cc2)CC(c2ccccc2)S1. The van der Waals surface area contributed by atoms with E-state index in [1.807, 2.05) is 30.3 Å². The van der Waals surface area contributed by atoms with E-state index in [1.165, 1.54) is 30.1 Å². The molecule has 124 valence electrons. The van der Waals surface area contributed by atoms with Crippen LogP contribution >= 0.6 is 11.8 Å². The van der Waals surface area contributed by atoms with Gasteiger partial charge in [0.05, 0.1) is 17.0 Å². The van der Waals surface area contributed by atoms with E-state index in [0.717, 1.165) is 17.7 Å². The van der Waals surface area contributed by atoms with Gasteiger partial charge in [-0.3, -0.25) is 5.73 Å². The standard InChI is InChI=1S/C17H14F3N3S/c18-17(19,20)14-8-6-12(7-9-14)10-22-23-11-15(24-16(23)21)13-4-2-1-3-5-13/h1-10,15,21H,11H2/p+1. The number of thioether (sulfide) groups is 1. The highest BCUT2D eigenvalue weighted by Gasteiger charge is 2.30. The topological polar surface area (TPSA) is 41.4 Å². The molecule has 0 fully saturated rings. The minimum Gasteiger partial charge on any atom is -0.279 e. The van der Waals surface area contributed by atoms with Crippen LogP contribution in [0.2, 0.25) is 0 Å². The molecule has 1 heterocycles. The lowest BCUT2D eigenvalue weighted by Crippen LogP contribution is -2.16. The summed E-state index contributed by atoms with van der Waals surface area (Å²) in [7, 11) is 0. The maximum Gasteiger partial charge on any atom is 0.416 e. The molecule has 3 rings (SSSR count). The highest BCUT2D eigenvalue weighted by Crippen LogP contribution is 2.33. The highest BCUT2D eigenvalue weighted by atomic mass is 32.2. The average molecular weight is 350 g/mol. The number of hydrogen-bond acceptors (Lipinski definition) is 3. The van der Waals surface area contributed by atoms with E-state index in [1.54, 1.807) is 4.68 Å². The van der Waals surface area contributed by atoms with Gasteiger partial charge in [-0.15, -0.1) is 4.68 Å². The van der Waals surface area contributed by atoms with Gasteiger partial charge in [-0.05, 0) is 35.0 Å².